The Balaban J connectivity index is 1.29. The Kier molecular flexibility index (Phi) is 11.0. The number of methoxy groups -OCH3 is 1. The van der Waals surface area contributed by atoms with Crippen molar-refractivity contribution in [3.05, 3.63) is 71.5 Å². The number of amides is 1. The molecule has 5 rings (SSSR count). The third-order valence-corrected chi connectivity index (χ3v) is 8.97. The van der Waals surface area contributed by atoms with Crippen molar-refractivity contribution in [1.29, 1.82) is 0 Å². The number of hydrogen-bond acceptors (Lipinski definition) is 10. The second kappa shape index (κ2) is 15.1. The molecule has 0 spiro atoms. The van der Waals surface area contributed by atoms with Crippen LogP contribution in [-0.2, 0) is 17.8 Å². The predicted octanol–water partition coefficient (Wildman–Crippen LogP) is 4.94. The van der Waals surface area contributed by atoms with E-state index in [1.165, 1.54) is 5.56 Å². The standard InChI is InChI=1S/C35H50N8O3/c1-24(37-22-26-11-14-28(45-5)15-12-26)29-21-27(13-16-30(29)36)31-39-33(32(41-40-31)38-23-25-9-7-6-8-10-25)42-17-19-43(20-18-42)34(44)46-35(2,3)4/h6-12,14-15,24,27,29-30,37H,13,16-23,36H2,1-5H3,(H,38,41). The Bertz CT molecular complexity index is 1410. The second-order valence-corrected chi connectivity index (χ2v) is 13.5. The SMILES string of the molecule is COc1ccc(CNC(C)C2CC(c3nnc(NCc4ccccc4)c(N4CCN(C(=O)OC(C)(C)C)CC4)n3)CCC2N)cc1. The Labute approximate surface area is 273 Å². The van der Waals surface area contributed by atoms with Crippen LogP contribution in [0.4, 0.5) is 16.4 Å². The number of aromatic nitrogens is 3. The molecule has 1 aromatic heterocycles. The van der Waals surface area contributed by atoms with Crippen LogP contribution in [0.2, 0.25) is 0 Å². The van der Waals surface area contributed by atoms with Gasteiger partial charge in [-0.15, -0.1) is 10.2 Å². The highest BCUT2D eigenvalue weighted by atomic mass is 16.6. The summed E-state index contributed by atoms with van der Waals surface area (Å²) in [5.74, 6) is 3.48. The third-order valence-electron chi connectivity index (χ3n) is 8.97. The number of nitrogens with zero attached hydrogens (tertiary/aromatic N) is 5. The third kappa shape index (κ3) is 8.85. The molecule has 2 fully saturated rings. The van der Waals surface area contributed by atoms with Gasteiger partial charge in [-0.25, -0.2) is 9.78 Å². The quantitative estimate of drug-likeness (QED) is 0.283. The van der Waals surface area contributed by atoms with Crippen molar-refractivity contribution >= 4 is 17.7 Å². The molecule has 0 bridgehead atoms. The van der Waals surface area contributed by atoms with Crippen molar-refractivity contribution in [3.63, 3.8) is 0 Å². The Hall–Kier alpha value is -3.96. The molecule has 4 atom stereocenters. The minimum Gasteiger partial charge on any atom is -0.497 e. The molecule has 248 valence electrons. The highest BCUT2D eigenvalue weighted by molar-refractivity contribution is 5.69. The van der Waals surface area contributed by atoms with E-state index in [2.05, 4.69) is 51.8 Å². The molecular formula is C35H50N8O3. The number of rotatable bonds is 10. The minimum absolute atomic E-state index is 0.106. The number of piperazine rings is 1. The van der Waals surface area contributed by atoms with Crippen LogP contribution < -0.4 is 26.0 Å². The van der Waals surface area contributed by atoms with E-state index >= 15 is 0 Å². The van der Waals surface area contributed by atoms with E-state index in [4.69, 9.17) is 25.3 Å². The summed E-state index contributed by atoms with van der Waals surface area (Å²) in [6.45, 7) is 11.6. The van der Waals surface area contributed by atoms with Gasteiger partial charge in [0.25, 0.3) is 0 Å². The zero-order chi connectivity index (χ0) is 32.7. The first-order chi connectivity index (χ1) is 22.1. The number of anilines is 2. The summed E-state index contributed by atoms with van der Waals surface area (Å²) in [5.41, 5.74) is 8.52. The van der Waals surface area contributed by atoms with Crippen molar-refractivity contribution in [2.75, 3.05) is 43.5 Å². The molecule has 2 heterocycles. The molecule has 1 amide bonds. The van der Waals surface area contributed by atoms with Crippen molar-refractivity contribution < 1.29 is 14.3 Å². The van der Waals surface area contributed by atoms with Crippen LogP contribution in [0.1, 0.15) is 69.8 Å². The van der Waals surface area contributed by atoms with Gasteiger partial charge in [-0.1, -0.05) is 42.5 Å². The number of nitrogens with one attached hydrogen (secondary N) is 2. The Morgan fingerprint density at radius 2 is 1.67 bits per heavy atom. The van der Waals surface area contributed by atoms with Gasteiger partial charge in [0.2, 0.25) is 0 Å². The molecule has 0 radical (unpaired) electrons. The predicted molar refractivity (Wildman–Crippen MR) is 181 cm³/mol. The minimum atomic E-state index is -0.530. The monoisotopic (exact) mass is 630 g/mol. The van der Waals surface area contributed by atoms with Crippen molar-refractivity contribution in [2.24, 2.45) is 11.7 Å². The van der Waals surface area contributed by atoms with Crippen LogP contribution in [0.15, 0.2) is 54.6 Å². The molecule has 4 N–H and O–H groups in total. The first-order valence-electron chi connectivity index (χ1n) is 16.5. The molecule has 4 unspecified atom stereocenters. The largest absolute Gasteiger partial charge is 0.497 e. The number of benzene rings is 2. The summed E-state index contributed by atoms with van der Waals surface area (Å²) in [7, 11) is 1.68. The van der Waals surface area contributed by atoms with Gasteiger partial charge in [0.1, 0.15) is 11.4 Å². The zero-order valence-electron chi connectivity index (χ0n) is 27.9. The fourth-order valence-electron chi connectivity index (χ4n) is 6.26. The summed E-state index contributed by atoms with van der Waals surface area (Å²) in [6.07, 6.45) is 2.44. The second-order valence-electron chi connectivity index (χ2n) is 13.5. The van der Waals surface area contributed by atoms with Gasteiger partial charge in [-0.2, -0.15) is 0 Å². The first kappa shape index (κ1) is 33.4. The van der Waals surface area contributed by atoms with E-state index in [1.807, 2.05) is 51.1 Å². The van der Waals surface area contributed by atoms with Gasteiger partial charge >= 0.3 is 6.09 Å². The average molecular weight is 631 g/mol. The van der Waals surface area contributed by atoms with E-state index in [0.717, 1.165) is 48.8 Å². The number of ether oxygens (including phenoxy) is 2. The smallest absolute Gasteiger partial charge is 0.410 e. The van der Waals surface area contributed by atoms with Crippen molar-refractivity contribution in [1.82, 2.24) is 25.4 Å². The van der Waals surface area contributed by atoms with Crippen LogP contribution in [0.5, 0.6) is 5.75 Å². The zero-order valence-corrected chi connectivity index (χ0v) is 27.9. The van der Waals surface area contributed by atoms with Gasteiger partial charge in [0.15, 0.2) is 17.5 Å². The molecule has 2 aromatic carbocycles. The highest BCUT2D eigenvalue weighted by Crippen LogP contribution is 2.37. The van der Waals surface area contributed by atoms with Crippen molar-refractivity contribution in [2.45, 2.75) is 83.6 Å². The molecule has 46 heavy (non-hydrogen) atoms. The first-order valence-corrected chi connectivity index (χ1v) is 16.5. The van der Waals surface area contributed by atoms with Crippen LogP contribution in [0, 0.1) is 5.92 Å². The van der Waals surface area contributed by atoms with Gasteiger partial charge < -0.3 is 35.6 Å². The van der Waals surface area contributed by atoms with E-state index < -0.39 is 5.60 Å². The lowest BCUT2D eigenvalue weighted by molar-refractivity contribution is 0.0240. The average Bonchev–Trinajstić information content (AvgIpc) is 3.06. The Morgan fingerprint density at radius 3 is 2.35 bits per heavy atom. The highest BCUT2D eigenvalue weighted by Gasteiger charge is 2.35. The maximum atomic E-state index is 12.7. The summed E-state index contributed by atoms with van der Waals surface area (Å²) in [6, 6.07) is 18.7. The van der Waals surface area contributed by atoms with E-state index in [-0.39, 0.29) is 30.0 Å². The van der Waals surface area contributed by atoms with Crippen LogP contribution >= 0.6 is 0 Å². The summed E-state index contributed by atoms with van der Waals surface area (Å²) in [5, 5.41) is 16.5. The lowest BCUT2D eigenvalue weighted by Gasteiger charge is -2.38. The lowest BCUT2D eigenvalue weighted by Crippen LogP contribution is -2.50. The van der Waals surface area contributed by atoms with Crippen molar-refractivity contribution in [3.8, 4) is 5.75 Å². The molecule has 11 nitrogen and oxygen atoms in total. The summed E-state index contributed by atoms with van der Waals surface area (Å²) < 4.78 is 10.9. The number of carbonyl (C=O) groups is 1. The summed E-state index contributed by atoms with van der Waals surface area (Å²) >= 11 is 0. The van der Waals surface area contributed by atoms with Gasteiger partial charge in [-0.05, 0) is 76.1 Å². The number of carbonyl (C=O) groups excluding carboxylic acids is 1. The van der Waals surface area contributed by atoms with Gasteiger partial charge in [-0.3, -0.25) is 0 Å². The van der Waals surface area contributed by atoms with Crippen LogP contribution in [0.25, 0.3) is 0 Å². The van der Waals surface area contributed by atoms with Gasteiger partial charge in [0, 0.05) is 57.3 Å². The lowest BCUT2D eigenvalue weighted by atomic mass is 9.75. The van der Waals surface area contributed by atoms with Crippen LogP contribution in [-0.4, -0.2) is 77.1 Å². The molecule has 1 saturated heterocycles. The van der Waals surface area contributed by atoms with Crippen LogP contribution in [0.3, 0.4) is 0 Å². The molecule has 11 heteroatoms. The number of nitrogens with two attached hydrogens (primary N) is 1. The fourth-order valence-corrected chi connectivity index (χ4v) is 6.26. The molecule has 3 aromatic rings. The normalized spacial score (nSPS) is 21.0. The van der Waals surface area contributed by atoms with Gasteiger partial charge in [0.05, 0.1) is 7.11 Å². The molecular weight excluding hydrogens is 580 g/mol. The molecule has 1 aliphatic heterocycles. The molecule has 1 saturated carbocycles. The Morgan fingerprint density at radius 1 is 0.978 bits per heavy atom. The molecule has 1 aliphatic carbocycles. The molecule has 2 aliphatic rings. The van der Waals surface area contributed by atoms with E-state index in [0.29, 0.717) is 38.5 Å². The topological polar surface area (TPSA) is 131 Å². The number of hydrogen-bond donors (Lipinski definition) is 3. The summed E-state index contributed by atoms with van der Waals surface area (Å²) in [4.78, 5) is 21.9. The van der Waals surface area contributed by atoms with E-state index in [9.17, 15) is 4.79 Å². The fraction of sp³-hybridized carbons (Fsp3) is 0.543. The maximum absolute atomic E-state index is 12.7. The van der Waals surface area contributed by atoms with E-state index in [1.54, 1.807) is 12.0 Å². The maximum Gasteiger partial charge on any atom is 0.410 e.